The maximum absolute atomic E-state index is 12.1. The number of thioether (sulfide) groups is 1. The van der Waals surface area contributed by atoms with Gasteiger partial charge in [0.05, 0.1) is 12.9 Å². The van der Waals surface area contributed by atoms with E-state index in [2.05, 4.69) is 20.8 Å². The van der Waals surface area contributed by atoms with E-state index < -0.39 is 0 Å². The Morgan fingerprint density at radius 1 is 1.39 bits per heavy atom. The number of aromatic nitrogens is 4. The van der Waals surface area contributed by atoms with Gasteiger partial charge in [0.1, 0.15) is 11.4 Å². The average molecular weight is 404 g/mol. The minimum absolute atomic E-state index is 0.0940. The van der Waals surface area contributed by atoms with Crippen LogP contribution in [-0.4, -0.2) is 69.4 Å². The summed E-state index contributed by atoms with van der Waals surface area (Å²) in [7, 11) is 1.59. The van der Waals surface area contributed by atoms with Gasteiger partial charge < -0.3 is 15.0 Å². The molecule has 0 spiro atoms. The van der Waals surface area contributed by atoms with Gasteiger partial charge in [0, 0.05) is 26.1 Å². The summed E-state index contributed by atoms with van der Waals surface area (Å²) < 4.78 is 6.96. The highest BCUT2D eigenvalue weighted by molar-refractivity contribution is 7.99. The molecule has 1 aromatic heterocycles. The lowest BCUT2D eigenvalue weighted by molar-refractivity contribution is -0.127. The Labute approximate surface area is 167 Å². The molecular formula is C18H24N6O3S. The van der Waals surface area contributed by atoms with Crippen molar-refractivity contribution >= 4 is 23.6 Å². The van der Waals surface area contributed by atoms with Gasteiger partial charge in [-0.25, -0.2) is 0 Å². The normalized spacial score (nSPS) is 13.8. The van der Waals surface area contributed by atoms with Crippen molar-refractivity contribution in [2.45, 2.75) is 31.3 Å². The van der Waals surface area contributed by atoms with E-state index in [9.17, 15) is 9.59 Å². The summed E-state index contributed by atoms with van der Waals surface area (Å²) in [6.07, 6.45) is 2.33. The number of likely N-dealkylation sites (tertiary alicyclic amines) is 1. The summed E-state index contributed by atoms with van der Waals surface area (Å²) in [4.78, 5) is 25.5. The number of amides is 2. The number of carbonyl (C=O) groups excluding carboxylic acids is 2. The highest BCUT2D eigenvalue weighted by Gasteiger charge is 2.19. The van der Waals surface area contributed by atoms with Gasteiger partial charge in [-0.3, -0.25) is 9.59 Å². The van der Waals surface area contributed by atoms with Gasteiger partial charge >= 0.3 is 0 Å². The maximum Gasteiger partial charge on any atom is 0.230 e. The quantitative estimate of drug-likeness (QED) is 0.495. The van der Waals surface area contributed by atoms with Crippen molar-refractivity contribution in [3.63, 3.8) is 0 Å². The van der Waals surface area contributed by atoms with Crippen LogP contribution in [0.3, 0.4) is 0 Å². The lowest BCUT2D eigenvalue weighted by atomic mass is 10.2. The number of benzene rings is 1. The SMILES string of the molecule is COc1ccc(C)cc1-n1nnnc1SCC(=O)NCCCN1CCCC1=O. The lowest BCUT2D eigenvalue weighted by Gasteiger charge is -2.15. The number of rotatable bonds is 9. The Morgan fingerprint density at radius 3 is 3.00 bits per heavy atom. The number of hydrogen-bond acceptors (Lipinski definition) is 7. The van der Waals surface area contributed by atoms with Crippen LogP contribution >= 0.6 is 11.8 Å². The van der Waals surface area contributed by atoms with Gasteiger partial charge in [0.15, 0.2) is 0 Å². The summed E-state index contributed by atoms with van der Waals surface area (Å²) in [5.41, 5.74) is 1.78. The lowest BCUT2D eigenvalue weighted by Crippen LogP contribution is -2.31. The monoisotopic (exact) mass is 404 g/mol. The van der Waals surface area contributed by atoms with Crippen molar-refractivity contribution in [3.05, 3.63) is 23.8 Å². The molecule has 2 amide bonds. The van der Waals surface area contributed by atoms with E-state index in [1.807, 2.05) is 30.0 Å². The Hall–Kier alpha value is -2.62. The summed E-state index contributed by atoms with van der Waals surface area (Å²) >= 11 is 1.26. The van der Waals surface area contributed by atoms with Crippen LogP contribution in [0, 0.1) is 6.92 Å². The van der Waals surface area contributed by atoms with Crippen molar-refractivity contribution < 1.29 is 14.3 Å². The molecule has 3 rings (SSSR count). The van der Waals surface area contributed by atoms with Crippen LogP contribution in [0.1, 0.15) is 24.8 Å². The zero-order valence-corrected chi connectivity index (χ0v) is 16.9. The Morgan fingerprint density at radius 2 is 2.25 bits per heavy atom. The molecule has 0 aliphatic carbocycles. The molecule has 28 heavy (non-hydrogen) atoms. The summed E-state index contributed by atoms with van der Waals surface area (Å²) in [6.45, 7) is 4.04. The molecule has 1 saturated heterocycles. The second-order valence-corrected chi connectivity index (χ2v) is 7.47. The summed E-state index contributed by atoms with van der Waals surface area (Å²) in [6, 6.07) is 5.74. The minimum Gasteiger partial charge on any atom is -0.494 e. The van der Waals surface area contributed by atoms with Crippen LogP contribution in [0.2, 0.25) is 0 Å². The molecule has 10 heteroatoms. The molecule has 2 aromatic rings. The number of hydrogen-bond donors (Lipinski definition) is 1. The highest BCUT2D eigenvalue weighted by Crippen LogP contribution is 2.26. The second kappa shape index (κ2) is 9.54. The molecule has 1 aliphatic rings. The molecule has 1 aromatic carbocycles. The van der Waals surface area contributed by atoms with Crippen LogP contribution in [0.4, 0.5) is 0 Å². The largest absolute Gasteiger partial charge is 0.494 e. The van der Waals surface area contributed by atoms with E-state index in [1.165, 1.54) is 11.8 Å². The third kappa shape index (κ3) is 5.00. The van der Waals surface area contributed by atoms with Crippen LogP contribution < -0.4 is 10.1 Å². The first-order chi connectivity index (χ1) is 13.6. The molecule has 0 saturated carbocycles. The number of nitrogens with one attached hydrogen (secondary N) is 1. The highest BCUT2D eigenvalue weighted by atomic mass is 32.2. The third-order valence-corrected chi connectivity index (χ3v) is 5.35. The van der Waals surface area contributed by atoms with Gasteiger partial charge in [0.25, 0.3) is 0 Å². The number of aryl methyl sites for hydroxylation is 1. The van der Waals surface area contributed by atoms with Gasteiger partial charge in [0.2, 0.25) is 17.0 Å². The van der Waals surface area contributed by atoms with Crippen LogP contribution in [0.15, 0.2) is 23.4 Å². The fourth-order valence-electron chi connectivity index (χ4n) is 3.00. The first-order valence-electron chi connectivity index (χ1n) is 9.19. The standard InChI is InChI=1S/C18H24N6O3S/c1-13-6-7-15(27-2)14(11-13)24-18(20-21-22-24)28-12-16(25)19-8-4-10-23-9-3-5-17(23)26/h6-7,11H,3-5,8-10,12H2,1-2H3,(H,19,25). The number of tetrazole rings is 1. The molecule has 0 radical (unpaired) electrons. The van der Waals surface area contributed by atoms with Gasteiger partial charge in [-0.2, -0.15) is 4.68 Å². The van der Waals surface area contributed by atoms with E-state index in [-0.39, 0.29) is 17.6 Å². The minimum atomic E-state index is -0.0940. The Balaban J connectivity index is 1.49. The molecule has 1 N–H and O–H groups in total. The number of nitrogens with zero attached hydrogens (tertiary/aromatic N) is 5. The van der Waals surface area contributed by atoms with Crippen molar-refractivity contribution in [2.24, 2.45) is 0 Å². The van der Waals surface area contributed by atoms with Gasteiger partial charge in [-0.05, 0) is 47.9 Å². The second-order valence-electron chi connectivity index (χ2n) is 6.53. The van der Waals surface area contributed by atoms with Crippen molar-refractivity contribution in [3.8, 4) is 11.4 Å². The Bertz CT molecular complexity index is 840. The number of carbonyl (C=O) groups is 2. The van der Waals surface area contributed by atoms with E-state index in [0.717, 1.165) is 30.6 Å². The van der Waals surface area contributed by atoms with Crippen molar-refractivity contribution in [1.82, 2.24) is 30.4 Å². The maximum atomic E-state index is 12.1. The smallest absolute Gasteiger partial charge is 0.230 e. The number of methoxy groups -OCH3 is 1. The Kier molecular flexibility index (Phi) is 6.85. The average Bonchev–Trinajstić information content (AvgIpc) is 3.32. The zero-order chi connectivity index (χ0) is 19.9. The molecule has 0 unspecified atom stereocenters. The molecule has 1 aliphatic heterocycles. The van der Waals surface area contributed by atoms with E-state index in [4.69, 9.17) is 4.74 Å². The topological polar surface area (TPSA) is 102 Å². The first kappa shape index (κ1) is 20.1. The van der Waals surface area contributed by atoms with Crippen LogP contribution in [0.5, 0.6) is 5.75 Å². The van der Waals surface area contributed by atoms with Crippen LogP contribution in [0.25, 0.3) is 5.69 Å². The fourth-order valence-corrected chi connectivity index (χ4v) is 3.72. The summed E-state index contributed by atoms with van der Waals surface area (Å²) in [5, 5.41) is 15.2. The molecule has 9 nitrogen and oxygen atoms in total. The van der Waals surface area contributed by atoms with Crippen LogP contribution in [-0.2, 0) is 9.59 Å². The molecule has 150 valence electrons. The summed E-state index contributed by atoms with van der Waals surface area (Å²) in [5.74, 6) is 0.974. The molecule has 0 atom stereocenters. The molecular weight excluding hydrogens is 380 g/mol. The zero-order valence-electron chi connectivity index (χ0n) is 16.1. The third-order valence-electron chi connectivity index (χ3n) is 4.43. The molecule has 2 heterocycles. The van der Waals surface area contributed by atoms with Gasteiger partial charge in [-0.1, -0.05) is 17.8 Å². The molecule has 0 bridgehead atoms. The van der Waals surface area contributed by atoms with E-state index in [1.54, 1.807) is 11.8 Å². The number of ether oxygens (including phenoxy) is 1. The van der Waals surface area contributed by atoms with E-state index >= 15 is 0 Å². The molecule has 1 fully saturated rings. The van der Waals surface area contributed by atoms with Crippen molar-refractivity contribution in [2.75, 3.05) is 32.5 Å². The van der Waals surface area contributed by atoms with Gasteiger partial charge in [-0.15, -0.1) is 5.10 Å². The predicted octanol–water partition coefficient (Wildman–Crippen LogP) is 1.20. The van der Waals surface area contributed by atoms with Crippen molar-refractivity contribution in [1.29, 1.82) is 0 Å². The van der Waals surface area contributed by atoms with E-state index in [0.29, 0.717) is 30.4 Å². The first-order valence-corrected chi connectivity index (χ1v) is 10.2. The predicted molar refractivity (Wildman–Crippen MR) is 105 cm³/mol. The fraction of sp³-hybridized carbons (Fsp3) is 0.500.